The minimum absolute atomic E-state index is 0.0596. The van der Waals surface area contributed by atoms with E-state index in [2.05, 4.69) is 30.1 Å². The van der Waals surface area contributed by atoms with Crippen LogP contribution in [0.25, 0.3) is 0 Å². The molecule has 1 aromatic carbocycles. The van der Waals surface area contributed by atoms with Gasteiger partial charge in [-0.2, -0.15) is 0 Å². The molecule has 1 aliphatic carbocycles. The Bertz CT molecular complexity index is 458. The number of fused-ring (bicyclic) bond motifs is 2. The van der Waals surface area contributed by atoms with Crippen LogP contribution in [-0.2, 0) is 6.54 Å². The number of piperidine rings is 1. The second kappa shape index (κ2) is 5.12. The number of halogens is 1. The number of hydrogen-bond donors (Lipinski definition) is 1. The standard InChI is InChI=1S/C16H23FN2/c1-11(2)18-9-12-4-6-16(15(17)8-12)19-10-13-3-5-14(19)7-13/h4,6,8,11,13-14,18H,3,5,7,9-10H2,1-2H3. The second-order valence-electron chi connectivity index (χ2n) is 6.31. The molecule has 2 fully saturated rings. The first-order valence-electron chi connectivity index (χ1n) is 7.42. The monoisotopic (exact) mass is 262 g/mol. The van der Waals surface area contributed by atoms with Gasteiger partial charge in [0.2, 0.25) is 0 Å². The zero-order chi connectivity index (χ0) is 13.4. The van der Waals surface area contributed by atoms with Crippen LogP contribution in [0, 0.1) is 11.7 Å². The molecular weight excluding hydrogens is 239 g/mol. The second-order valence-corrected chi connectivity index (χ2v) is 6.31. The van der Waals surface area contributed by atoms with E-state index in [0.717, 1.165) is 30.3 Å². The van der Waals surface area contributed by atoms with Crippen LogP contribution in [0.5, 0.6) is 0 Å². The lowest BCUT2D eigenvalue weighted by molar-refractivity contribution is 0.538. The fourth-order valence-electron chi connectivity index (χ4n) is 3.44. The van der Waals surface area contributed by atoms with Gasteiger partial charge in [0.05, 0.1) is 5.69 Å². The molecule has 19 heavy (non-hydrogen) atoms. The highest BCUT2D eigenvalue weighted by Gasteiger charge is 2.38. The highest BCUT2D eigenvalue weighted by Crippen LogP contribution is 2.40. The van der Waals surface area contributed by atoms with Crippen LogP contribution in [0.2, 0.25) is 0 Å². The lowest BCUT2D eigenvalue weighted by Crippen LogP contribution is -2.32. The summed E-state index contributed by atoms with van der Waals surface area (Å²) in [5.41, 5.74) is 1.83. The summed E-state index contributed by atoms with van der Waals surface area (Å²) in [5, 5.41) is 3.32. The molecule has 1 N–H and O–H groups in total. The number of hydrogen-bond acceptors (Lipinski definition) is 2. The van der Waals surface area contributed by atoms with Gasteiger partial charge in [-0.25, -0.2) is 4.39 Å². The summed E-state index contributed by atoms with van der Waals surface area (Å²) in [6.45, 7) is 5.99. The van der Waals surface area contributed by atoms with Gasteiger partial charge in [-0.3, -0.25) is 0 Å². The number of nitrogens with zero attached hydrogens (tertiary/aromatic N) is 1. The Balaban J connectivity index is 1.73. The van der Waals surface area contributed by atoms with E-state index in [1.807, 2.05) is 6.07 Å². The van der Waals surface area contributed by atoms with Gasteiger partial charge in [0.1, 0.15) is 5.82 Å². The highest BCUT2D eigenvalue weighted by molar-refractivity contribution is 5.51. The third kappa shape index (κ3) is 2.62. The van der Waals surface area contributed by atoms with Crippen LogP contribution < -0.4 is 10.2 Å². The third-order valence-corrected chi connectivity index (χ3v) is 4.45. The number of rotatable bonds is 4. The maximum atomic E-state index is 14.3. The lowest BCUT2D eigenvalue weighted by atomic mass is 10.1. The molecule has 2 aliphatic rings. The molecule has 2 nitrogen and oxygen atoms in total. The Morgan fingerprint density at radius 2 is 2.21 bits per heavy atom. The summed E-state index contributed by atoms with van der Waals surface area (Å²) in [6.07, 6.45) is 3.83. The number of nitrogens with one attached hydrogen (secondary N) is 1. The van der Waals surface area contributed by atoms with Gasteiger partial charge in [-0.05, 0) is 42.9 Å². The molecule has 104 valence electrons. The first kappa shape index (κ1) is 12.9. The molecule has 1 aliphatic heterocycles. The predicted molar refractivity (Wildman–Crippen MR) is 76.9 cm³/mol. The van der Waals surface area contributed by atoms with E-state index in [9.17, 15) is 4.39 Å². The first-order valence-corrected chi connectivity index (χ1v) is 7.42. The molecule has 0 aromatic heterocycles. The summed E-state index contributed by atoms with van der Waals surface area (Å²) in [5.74, 6) is 0.738. The van der Waals surface area contributed by atoms with Crippen LogP contribution in [0.1, 0.15) is 38.7 Å². The Hall–Kier alpha value is -1.09. The first-order chi connectivity index (χ1) is 9.13. The summed E-state index contributed by atoms with van der Waals surface area (Å²) in [4.78, 5) is 2.28. The molecule has 2 bridgehead atoms. The van der Waals surface area contributed by atoms with Gasteiger partial charge in [0.25, 0.3) is 0 Å². The van der Waals surface area contributed by atoms with Gasteiger partial charge in [-0.1, -0.05) is 19.9 Å². The Kier molecular flexibility index (Phi) is 3.48. The summed E-state index contributed by atoms with van der Waals surface area (Å²) in [7, 11) is 0. The van der Waals surface area contributed by atoms with Crippen molar-refractivity contribution < 1.29 is 4.39 Å². The SMILES string of the molecule is CC(C)NCc1ccc(N2CC3CCC2C3)c(F)c1. The third-order valence-electron chi connectivity index (χ3n) is 4.45. The fourth-order valence-corrected chi connectivity index (χ4v) is 3.44. The maximum Gasteiger partial charge on any atom is 0.146 e. The molecule has 3 heteroatoms. The van der Waals surface area contributed by atoms with Crippen molar-refractivity contribution in [1.29, 1.82) is 0 Å². The van der Waals surface area contributed by atoms with Crippen LogP contribution in [-0.4, -0.2) is 18.6 Å². The van der Waals surface area contributed by atoms with Crippen LogP contribution in [0.4, 0.5) is 10.1 Å². The zero-order valence-electron chi connectivity index (χ0n) is 11.8. The summed E-state index contributed by atoms with van der Waals surface area (Å²) < 4.78 is 14.3. The Morgan fingerprint density at radius 3 is 2.79 bits per heavy atom. The lowest BCUT2D eigenvalue weighted by Gasteiger charge is -2.29. The molecule has 0 amide bonds. The van der Waals surface area contributed by atoms with E-state index in [0.29, 0.717) is 12.1 Å². The largest absolute Gasteiger partial charge is 0.366 e. The van der Waals surface area contributed by atoms with Gasteiger partial charge >= 0.3 is 0 Å². The quantitative estimate of drug-likeness (QED) is 0.895. The van der Waals surface area contributed by atoms with Gasteiger partial charge in [0.15, 0.2) is 0 Å². The van der Waals surface area contributed by atoms with Gasteiger partial charge in [0, 0.05) is 25.2 Å². The highest BCUT2D eigenvalue weighted by atomic mass is 19.1. The molecule has 1 aromatic rings. The Morgan fingerprint density at radius 1 is 1.37 bits per heavy atom. The molecule has 1 saturated heterocycles. The topological polar surface area (TPSA) is 15.3 Å². The average Bonchev–Trinajstić information content (AvgIpc) is 2.98. The van der Waals surface area contributed by atoms with Crippen LogP contribution in [0.3, 0.4) is 0 Å². The molecule has 2 atom stereocenters. The van der Waals surface area contributed by atoms with E-state index < -0.39 is 0 Å². The molecular formula is C16H23FN2. The van der Waals surface area contributed by atoms with E-state index >= 15 is 0 Å². The van der Waals surface area contributed by atoms with Crippen molar-refractivity contribution in [2.45, 2.75) is 51.7 Å². The zero-order valence-corrected chi connectivity index (χ0v) is 11.8. The van der Waals surface area contributed by atoms with Gasteiger partial charge < -0.3 is 10.2 Å². The average molecular weight is 262 g/mol. The van der Waals surface area contributed by atoms with Crippen molar-refractivity contribution in [3.05, 3.63) is 29.6 Å². The van der Waals surface area contributed by atoms with Crippen LogP contribution in [0.15, 0.2) is 18.2 Å². The predicted octanol–water partition coefficient (Wildman–Crippen LogP) is 3.31. The molecule has 3 rings (SSSR count). The van der Waals surface area contributed by atoms with E-state index in [-0.39, 0.29) is 5.82 Å². The van der Waals surface area contributed by atoms with Crippen molar-refractivity contribution in [3.8, 4) is 0 Å². The molecule has 0 spiro atoms. The molecule has 1 heterocycles. The van der Waals surface area contributed by atoms with Crippen molar-refractivity contribution in [3.63, 3.8) is 0 Å². The minimum atomic E-state index is -0.0596. The molecule has 1 saturated carbocycles. The minimum Gasteiger partial charge on any atom is -0.366 e. The summed E-state index contributed by atoms with van der Waals surface area (Å²) >= 11 is 0. The molecule has 0 radical (unpaired) electrons. The molecule has 2 unspecified atom stereocenters. The maximum absolute atomic E-state index is 14.3. The van der Waals surface area contributed by atoms with Crippen molar-refractivity contribution in [2.75, 3.05) is 11.4 Å². The van der Waals surface area contributed by atoms with Gasteiger partial charge in [-0.15, -0.1) is 0 Å². The van der Waals surface area contributed by atoms with E-state index in [1.165, 1.54) is 19.3 Å². The number of benzene rings is 1. The fraction of sp³-hybridized carbons (Fsp3) is 0.625. The van der Waals surface area contributed by atoms with Crippen molar-refractivity contribution in [2.24, 2.45) is 5.92 Å². The van der Waals surface area contributed by atoms with E-state index in [4.69, 9.17) is 0 Å². The number of anilines is 1. The van der Waals surface area contributed by atoms with Crippen molar-refractivity contribution in [1.82, 2.24) is 5.32 Å². The summed E-state index contributed by atoms with van der Waals surface area (Å²) in [6, 6.07) is 6.72. The van der Waals surface area contributed by atoms with E-state index in [1.54, 1.807) is 6.07 Å². The van der Waals surface area contributed by atoms with Crippen molar-refractivity contribution >= 4 is 5.69 Å². The normalized spacial score (nSPS) is 25.6. The smallest absolute Gasteiger partial charge is 0.146 e. The Labute approximate surface area is 115 Å². The van der Waals surface area contributed by atoms with Crippen LogP contribution >= 0.6 is 0 Å².